The molecule has 0 fully saturated rings. The van der Waals surface area contributed by atoms with E-state index in [1.54, 1.807) is 41.8 Å². The maximum atomic E-state index is 12.7. The van der Waals surface area contributed by atoms with Crippen LogP contribution < -0.4 is 10.0 Å². The molecule has 0 aliphatic carbocycles. The zero-order valence-corrected chi connectivity index (χ0v) is 12.7. The zero-order chi connectivity index (χ0) is 15.3. The van der Waals surface area contributed by atoms with E-state index in [1.807, 2.05) is 6.07 Å². The summed E-state index contributed by atoms with van der Waals surface area (Å²) in [5.74, 6) is -0.0164. The van der Waals surface area contributed by atoms with E-state index in [9.17, 15) is 8.42 Å². The first-order valence-electron chi connectivity index (χ1n) is 6.13. The molecule has 0 saturated heterocycles. The SMILES string of the molecule is N/C(CCN(c1ccccc1)S(=O)(=O)c1cccs1)=N/O. The van der Waals surface area contributed by atoms with Gasteiger partial charge in [0, 0.05) is 13.0 Å². The van der Waals surface area contributed by atoms with Crippen LogP contribution in [-0.2, 0) is 10.0 Å². The summed E-state index contributed by atoms with van der Waals surface area (Å²) in [6.07, 6.45) is 0.135. The summed E-state index contributed by atoms with van der Waals surface area (Å²) in [4.78, 5) is 0. The van der Waals surface area contributed by atoms with Crippen molar-refractivity contribution in [1.29, 1.82) is 0 Å². The molecule has 0 saturated carbocycles. The number of hydrogen-bond acceptors (Lipinski definition) is 5. The van der Waals surface area contributed by atoms with E-state index in [-0.39, 0.29) is 23.0 Å². The second-order valence-corrected chi connectivity index (χ2v) is 7.22. The third-order valence-corrected chi connectivity index (χ3v) is 5.98. The lowest BCUT2D eigenvalue weighted by atomic mass is 10.3. The van der Waals surface area contributed by atoms with Gasteiger partial charge in [0.15, 0.2) is 0 Å². The number of sulfonamides is 1. The molecule has 8 heteroatoms. The van der Waals surface area contributed by atoms with Crippen LogP contribution in [0.5, 0.6) is 0 Å². The molecule has 2 aromatic rings. The highest BCUT2D eigenvalue weighted by Crippen LogP contribution is 2.26. The van der Waals surface area contributed by atoms with Gasteiger partial charge in [-0.2, -0.15) is 0 Å². The van der Waals surface area contributed by atoms with Gasteiger partial charge >= 0.3 is 0 Å². The Kier molecular flexibility index (Phi) is 4.81. The Bertz CT molecular complexity index is 698. The van der Waals surface area contributed by atoms with Gasteiger partial charge in [-0.05, 0) is 23.6 Å². The van der Waals surface area contributed by atoms with Gasteiger partial charge in [-0.25, -0.2) is 8.42 Å². The van der Waals surface area contributed by atoms with Crippen molar-refractivity contribution >= 4 is 32.9 Å². The minimum atomic E-state index is -3.66. The predicted molar refractivity (Wildman–Crippen MR) is 83.3 cm³/mol. The highest BCUT2D eigenvalue weighted by molar-refractivity contribution is 7.94. The molecule has 1 aromatic carbocycles. The van der Waals surface area contributed by atoms with E-state index < -0.39 is 10.0 Å². The number of para-hydroxylation sites is 1. The molecule has 2 rings (SSSR count). The lowest BCUT2D eigenvalue weighted by Crippen LogP contribution is -2.33. The molecule has 0 atom stereocenters. The van der Waals surface area contributed by atoms with Gasteiger partial charge in [0.1, 0.15) is 10.0 Å². The molecule has 6 nitrogen and oxygen atoms in total. The number of amidine groups is 1. The lowest BCUT2D eigenvalue weighted by molar-refractivity contribution is 0.317. The van der Waals surface area contributed by atoms with Crippen LogP contribution in [0.25, 0.3) is 0 Å². The Morgan fingerprint density at radius 2 is 1.95 bits per heavy atom. The summed E-state index contributed by atoms with van der Waals surface area (Å²) < 4.78 is 26.9. The van der Waals surface area contributed by atoms with Crippen LogP contribution in [0.2, 0.25) is 0 Å². The molecule has 0 radical (unpaired) electrons. The van der Waals surface area contributed by atoms with E-state index in [1.165, 1.54) is 4.31 Å². The summed E-state index contributed by atoms with van der Waals surface area (Å²) in [5.41, 5.74) is 5.98. The number of thiophene rings is 1. The lowest BCUT2D eigenvalue weighted by Gasteiger charge is -2.23. The Hall–Kier alpha value is -2.06. The van der Waals surface area contributed by atoms with Crippen molar-refractivity contribution < 1.29 is 13.6 Å². The van der Waals surface area contributed by atoms with Gasteiger partial charge in [0.25, 0.3) is 10.0 Å². The maximum absolute atomic E-state index is 12.7. The van der Waals surface area contributed by atoms with Crippen LogP contribution in [0.4, 0.5) is 5.69 Å². The molecular formula is C13H15N3O3S2. The van der Waals surface area contributed by atoms with Gasteiger partial charge in [0.2, 0.25) is 0 Å². The molecule has 1 aromatic heterocycles. The highest BCUT2D eigenvalue weighted by atomic mass is 32.2. The molecular weight excluding hydrogens is 310 g/mol. The van der Waals surface area contributed by atoms with Crippen molar-refractivity contribution in [2.75, 3.05) is 10.8 Å². The minimum Gasteiger partial charge on any atom is -0.409 e. The van der Waals surface area contributed by atoms with Gasteiger partial charge in [-0.15, -0.1) is 11.3 Å². The van der Waals surface area contributed by atoms with Crippen LogP contribution in [0.3, 0.4) is 0 Å². The molecule has 0 unspecified atom stereocenters. The fourth-order valence-electron chi connectivity index (χ4n) is 1.77. The normalized spacial score (nSPS) is 12.3. The van der Waals surface area contributed by atoms with Gasteiger partial charge in [0.05, 0.1) is 5.69 Å². The van der Waals surface area contributed by atoms with E-state index >= 15 is 0 Å². The Balaban J connectivity index is 2.37. The fourth-order valence-corrected chi connectivity index (χ4v) is 4.34. The third-order valence-electron chi connectivity index (χ3n) is 2.78. The van der Waals surface area contributed by atoms with E-state index in [0.29, 0.717) is 5.69 Å². The van der Waals surface area contributed by atoms with Crippen LogP contribution in [0, 0.1) is 0 Å². The van der Waals surface area contributed by atoms with E-state index in [2.05, 4.69) is 5.16 Å². The quantitative estimate of drug-likeness (QED) is 0.368. The number of hydrogen-bond donors (Lipinski definition) is 2. The van der Waals surface area contributed by atoms with Crippen LogP contribution in [-0.4, -0.2) is 26.0 Å². The molecule has 112 valence electrons. The predicted octanol–water partition coefficient (Wildman–Crippen LogP) is 2.08. The standard InChI is InChI=1S/C13H15N3O3S2/c14-12(15-17)8-9-16(11-5-2-1-3-6-11)21(18,19)13-7-4-10-20-13/h1-7,10,17H,8-9H2,(H2,14,15). The van der Waals surface area contributed by atoms with Crippen molar-refractivity contribution in [3.8, 4) is 0 Å². The topological polar surface area (TPSA) is 96.0 Å². The molecule has 0 spiro atoms. The molecule has 0 aliphatic rings. The Labute approximate surface area is 127 Å². The van der Waals surface area contributed by atoms with Crippen LogP contribution in [0.15, 0.2) is 57.2 Å². The number of oxime groups is 1. The van der Waals surface area contributed by atoms with Crippen molar-refractivity contribution in [2.24, 2.45) is 10.9 Å². The number of nitrogens with zero attached hydrogens (tertiary/aromatic N) is 2. The zero-order valence-electron chi connectivity index (χ0n) is 11.1. The average molecular weight is 325 g/mol. The molecule has 3 N–H and O–H groups in total. The Morgan fingerprint density at radius 1 is 1.24 bits per heavy atom. The van der Waals surface area contributed by atoms with E-state index in [0.717, 1.165) is 11.3 Å². The van der Waals surface area contributed by atoms with Crippen molar-refractivity contribution in [3.63, 3.8) is 0 Å². The average Bonchev–Trinajstić information content (AvgIpc) is 3.03. The van der Waals surface area contributed by atoms with Crippen molar-refractivity contribution in [1.82, 2.24) is 0 Å². The largest absolute Gasteiger partial charge is 0.409 e. The minimum absolute atomic E-state index is 0.0164. The highest BCUT2D eigenvalue weighted by Gasteiger charge is 2.25. The fraction of sp³-hybridized carbons (Fsp3) is 0.154. The molecule has 0 amide bonds. The van der Waals surface area contributed by atoms with Gasteiger partial charge in [-0.1, -0.05) is 29.4 Å². The van der Waals surface area contributed by atoms with E-state index in [4.69, 9.17) is 10.9 Å². The number of benzene rings is 1. The first-order chi connectivity index (χ1) is 10.1. The van der Waals surface area contributed by atoms with Gasteiger partial charge in [-0.3, -0.25) is 4.31 Å². The molecule has 0 aliphatic heterocycles. The Morgan fingerprint density at radius 3 is 2.52 bits per heavy atom. The summed E-state index contributed by atoms with van der Waals surface area (Å²) >= 11 is 1.15. The summed E-state index contributed by atoms with van der Waals surface area (Å²) in [6.45, 7) is 0.0974. The second kappa shape index (κ2) is 6.59. The third kappa shape index (κ3) is 3.53. The molecule has 1 heterocycles. The van der Waals surface area contributed by atoms with Gasteiger partial charge < -0.3 is 10.9 Å². The first-order valence-corrected chi connectivity index (χ1v) is 8.45. The monoisotopic (exact) mass is 325 g/mol. The van der Waals surface area contributed by atoms with Crippen molar-refractivity contribution in [3.05, 3.63) is 47.8 Å². The number of rotatable bonds is 6. The van der Waals surface area contributed by atoms with Crippen molar-refractivity contribution in [2.45, 2.75) is 10.6 Å². The van der Waals surface area contributed by atoms with Crippen LogP contribution >= 0.6 is 11.3 Å². The summed E-state index contributed by atoms with van der Waals surface area (Å²) in [6, 6.07) is 12.0. The summed E-state index contributed by atoms with van der Waals surface area (Å²) in [5, 5.41) is 13.2. The molecule has 0 bridgehead atoms. The number of nitrogens with two attached hydrogens (primary N) is 1. The smallest absolute Gasteiger partial charge is 0.273 e. The molecule has 21 heavy (non-hydrogen) atoms. The second-order valence-electron chi connectivity index (χ2n) is 4.19. The number of anilines is 1. The van der Waals surface area contributed by atoms with Crippen LogP contribution in [0.1, 0.15) is 6.42 Å². The maximum Gasteiger partial charge on any atom is 0.273 e. The first kappa shape index (κ1) is 15.3. The summed E-state index contributed by atoms with van der Waals surface area (Å²) in [7, 11) is -3.66.